The second-order valence-corrected chi connectivity index (χ2v) is 13.3. The SMILES string of the molecule is C[C@@H]1CC[C@]2(NC1)O[C@H]1C[C@H]3[C@@H]4COC(=O)[C@H]5C[C@H](O)[C@H](O)C[C@]5(C)[C@H]4CC[C@]3(C)[C@H]1[C@@H]2C. The zero-order valence-electron chi connectivity index (χ0n) is 20.8. The van der Waals surface area contributed by atoms with Gasteiger partial charge >= 0.3 is 5.97 Å². The molecule has 6 nitrogen and oxygen atoms in total. The maximum absolute atomic E-state index is 13.1. The summed E-state index contributed by atoms with van der Waals surface area (Å²) in [4.78, 5) is 13.1. The first-order valence-electron chi connectivity index (χ1n) is 13.5. The Labute approximate surface area is 198 Å². The van der Waals surface area contributed by atoms with Gasteiger partial charge in [0.05, 0.1) is 30.8 Å². The van der Waals surface area contributed by atoms with E-state index in [1.165, 1.54) is 6.42 Å². The number of cyclic esters (lactones) is 1. The highest BCUT2D eigenvalue weighted by molar-refractivity contribution is 5.74. The second-order valence-electron chi connectivity index (χ2n) is 13.3. The van der Waals surface area contributed by atoms with Gasteiger partial charge in [-0.3, -0.25) is 10.1 Å². The molecule has 3 saturated carbocycles. The Morgan fingerprint density at radius 1 is 1.00 bits per heavy atom. The van der Waals surface area contributed by atoms with Gasteiger partial charge in [0, 0.05) is 12.5 Å². The van der Waals surface area contributed by atoms with Crippen molar-refractivity contribution in [3.05, 3.63) is 0 Å². The van der Waals surface area contributed by atoms with Gasteiger partial charge in [-0.25, -0.2) is 0 Å². The van der Waals surface area contributed by atoms with E-state index in [1.807, 2.05) is 0 Å². The lowest BCUT2D eigenvalue weighted by Crippen LogP contribution is -2.57. The third-order valence-corrected chi connectivity index (χ3v) is 11.8. The summed E-state index contributed by atoms with van der Waals surface area (Å²) in [6.45, 7) is 10.9. The Hall–Kier alpha value is -0.690. The van der Waals surface area contributed by atoms with Crippen LogP contribution in [-0.2, 0) is 14.3 Å². The van der Waals surface area contributed by atoms with Crippen molar-refractivity contribution in [2.45, 2.75) is 96.7 Å². The van der Waals surface area contributed by atoms with E-state index in [2.05, 4.69) is 33.0 Å². The molecule has 3 saturated heterocycles. The number of hydrogen-bond donors (Lipinski definition) is 3. The standard InChI is InChI=1S/C27H43NO5/c1-14-5-8-27(28-12-14)15(2)23-22(33-27)10-18-16-13-32-24(31)19-9-20(29)21(30)11-26(19,4)17(16)6-7-25(18,23)3/h14-23,28-30H,5-13H2,1-4H3/t14-,15+,16-,17+,18+,19-,20+,21-,22+,23+,25+,26-,27+/m1/s1. The minimum Gasteiger partial charge on any atom is -0.465 e. The summed E-state index contributed by atoms with van der Waals surface area (Å²) >= 11 is 0. The van der Waals surface area contributed by atoms with Gasteiger partial charge < -0.3 is 19.7 Å². The minimum absolute atomic E-state index is 0.163. The largest absolute Gasteiger partial charge is 0.465 e. The quantitative estimate of drug-likeness (QED) is 0.481. The summed E-state index contributed by atoms with van der Waals surface area (Å²) in [5.74, 6) is 2.36. The van der Waals surface area contributed by atoms with Gasteiger partial charge in [0.15, 0.2) is 0 Å². The lowest BCUT2D eigenvalue weighted by atomic mass is 9.48. The van der Waals surface area contributed by atoms with E-state index in [0.29, 0.717) is 55.0 Å². The van der Waals surface area contributed by atoms with Crippen LogP contribution < -0.4 is 5.32 Å². The number of hydrogen-bond acceptors (Lipinski definition) is 6. The van der Waals surface area contributed by atoms with Crippen LogP contribution >= 0.6 is 0 Å². The smallest absolute Gasteiger partial charge is 0.309 e. The van der Waals surface area contributed by atoms with E-state index in [0.717, 1.165) is 32.2 Å². The average molecular weight is 462 g/mol. The van der Waals surface area contributed by atoms with Crippen LogP contribution in [0.4, 0.5) is 0 Å². The monoisotopic (exact) mass is 461 g/mol. The average Bonchev–Trinajstić information content (AvgIpc) is 3.17. The summed E-state index contributed by atoms with van der Waals surface area (Å²) in [7, 11) is 0. The van der Waals surface area contributed by atoms with Crippen molar-refractivity contribution in [1.29, 1.82) is 0 Å². The maximum atomic E-state index is 13.1. The van der Waals surface area contributed by atoms with Crippen molar-refractivity contribution in [2.24, 2.45) is 52.3 Å². The topological polar surface area (TPSA) is 88.0 Å². The molecule has 186 valence electrons. The fourth-order valence-corrected chi connectivity index (χ4v) is 9.99. The lowest BCUT2D eigenvalue weighted by Gasteiger charge is -2.56. The fraction of sp³-hybridized carbons (Fsp3) is 0.963. The predicted molar refractivity (Wildman–Crippen MR) is 123 cm³/mol. The van der Waals surface area contributed by atoms with Gasteiger partial charge in [-0.15, -0.1) is 0 Å². The van der Waals surface area contributed by atoms with Crippen molar-refractivity contribution in [3.8, 4) is 0 Å². The molecule has 3 aliphatic heterocycles. The zero-order valence-corrected chi connectivity index (χ0v) is 20.8. The van der Waals surface area contributed by atoms with Gasteiger partial charge in [-0.05, 0) is 85.4 Å². The van der Waals surface area contributed by atoms with Gasteiger partial charge in [0.1, 0.15) is 5.72 Å². The highest BCUT2D eigenvalue weighted by Crippen LogP contribution is 2.69. The summed E-state index contributed by atoms with van der Waals surface area (Å²) in [6.07, 6.45) is 5.10. The molecule has 0 bridgehead atoms. The maximum Gasteiger partial charge on any atom is 0.309 e. The van der Waals surface area contributed by atoms with Crippen molar-refractivity contribution < 1.29 is 24.5 Å². The van der Waals surface area contributed by atoms with Crippen molar-refractivity contribution in [1.82, 2.24) is 5.32 Å². The minimum atomic E-state index is -0.831. The van der Waals surface area contributed by atoms with Crippen molar-refractivity contribution in [2.75, 3.05) is 13.2 Å². The van der Waals surface area contributed by atoms with Crippen LogP contribution in [-0.4, -0.2) is 53.4 Å². The number of aliphatic hydroxyl groups is 2. The molecule has 6 heteroatoms. The first-order valence-corrected chi connectivity index (χ1v) is 13.5. The van der Waals surface area contributed by atoms with E-state index in [9.17, 15) is 15.0 Å². The highest BCUT2D eigenvalue weighted by Gasteiger charge is 2.69. The Morgan fingerprint density at radius 3 is 2.52 bits per heavy atom. The van der Waals surface area contributed by atoms with Crippen LogP contribution in [0.25, 0.3) is 0 Å². The summed E-state index contributed by atoms with van der Waals surface area (Å²) in [5.41, 5.74) is -0.289. The van der Waals surface area contributed by atoms with Crippen LogP contribution in [0, 0.1) is 52.3 Å². The third-order valence-electron chi connectivity index (χ3n) is 11.8. The van der Waals surface area contributed by atoms with Crippen LogP contribution in [0.1, 0.15) is 72.6 Å². The molecule has 0 unspecified atom stereocenters. The van der Waals surface area contributed by atoms with Crippen LogP contribution in [0.15, 0.2) is 0 Å². The van der Waals surface area contributed by atoms with Crippen LogP contribution in [0.2, 0.25) is 0 Å². The zero-order chi connectivity index (χ0) is 23.3. The summed E-state index contributed by atoms with van der Waals surface area (Å²) in [6, 6.07) is 0. The molecule has 0 aromatic carbocycles. The number of esters is 1. The molecule has 3 aliphatic carbocycles. The number of aliphatic hydroxyl groups excluding tert-OH is 2. The Kier molecular flexibility index (Phi) is 5.11. The number of carbonyl (C=O) groups is 1. The molecule has 13 atom stereocenters. The molecule has 6 fully saturated rings. The molecule has 0 aromatic rings. The molecule has 3 heterocycles. The van der Waals surface area contributed by atoms with E-state index in [1.54, 1.807) is 0 Å². The normalized spacial score (nSPS) is 60.4. The number of ether oxygens (including phenoxy) is 2. The van der Waals surface area contributed by atoms with Crippen molar-refractivity contribution in [3.63, 3.8) is 0 Å². The molecule has 6 rings (SSSR count). The van der Waals surface area contributed by atoms with Gasteiger partial charge in [-0.1, -0.05) is 27.7 Å². The Morgan fingerprint density at radius 2 is 1.79 bits per heavy atom. The predicted octanol–water partition coefficient (Wildman–Crippen LogP) is 3.10. The molecule has 6 aliphatic rings. The molecule has 0 aromatic heterocycles. The van der Waals surface area contributed by atoms with Gasteiger partial charge in [0.25, 0.3) is 0 Å². The number of fused-ring (bicyclic) bond motifs is 7. The summed E-state index contributed by atoms with van der Waals surface area (Å²) < 4.78 is 12.9. The molecule has 3 N–H and O–H groups in total. The van der Waals surface area contributed by atoms with E-state index < -0.39 is 12.2 Å². The first-order chi connectivity index (χ1) is 15.6. The molecule has 33 heavy (non-hydrogen) atoms. The van der Waals surface area contributed by atoms with Crippen LogP contribution in [0.3, 0.4) is 0 Å². The molecular weight excluding hydrogens is 418 g/mol. The molecule has 0 amide bonds. The highest BCUT2D eigenvalue weighted by atomic mass is 16.5. The Balaban J connectivity index is 1.30. The van der Waals surface area contributed by atoms with E-state index in [-0.39, 0.29) is 34.5 Å². The number of nitrogens with one attached hydrogen (secondary N) is 1. The first kappa shape index (κ1) is 22.8. The third kappa shape index (κ3) is 3.02. The van der Waals surface area contributed by atoms with Gasteiger partial charge in [-0.2, -0.15) is 0 Å². The molecule has 1 spiro atoms. The summed E-state index contributed by atoms with van der Waals surface area (Å²) in [5, 5.41) is 24.7. The second kappa shape index (κ2) is 7.41. The van der Waals surface area contributed by atoms with E-state index >= 15 is 0 Å². The number of rotatable bonds is 0. The van der Waals surface area contributed by atoms with Crippen LogP contribution in [0.5, 0.6) is 0 Å². The fourth-order valence-electron chi connectivity index (χ4n) is 9.99. The van der Waals surface area contributed by atoms with Gasteiger partial charge in [0.2, 0.25) is 0 Å². The van der Waals surface area contributed by atoms with Crippen molar-refractivity contribution >= 4 is 5.97 Å². The van der Waals surface area contributed by atoms with E-state index in [4.69, 9.17) is 9.47 Å². The Bertz CT molecular complexity index is 810. The number of piperidine rings is 1. The molecular formula is C27H43NO5. The molecule has 0 radical (unpaired) electrons. The number of carbonyl (C=O) groups excluding carboxylic acids is 1. The lowest BCUT2D eigenvalue weighted by molar-refractivity contribution is -0.162.